The molecule has 2 atom stereocenters. The van der Waals surface area contributed by atoms with Crippen molar-refractivity contribution in [2.45, 2.75) is 25.0 Å². The van der Waals surface area contributed by atoms with Crippen LogP contribution in [-0.2, 0) is 16.0 Å². The SMILES string of the molecule is O=C(C1OCCc2ccccc21)N1CCC(Oc2cccc(F)n2)C1. The molecule has 25 heavy (non-hydrogen) atoms. The minimum absolute atomic E-state index is 0.0366. The highest BCUT2D eigenvalue weighted by molar-refractivity contribution is 5.83. The largest absolute Gasteiger partial charge is 0.472 e. The Hall–Kier alpha value is -2.47. The zero-order valence-corrected chi connectivity index (χ0v) is 13.7. The summed E-state index contributed by atoms with van der Waals surface area (Å²) in [5.41, 5.74) is 2.12. The fourth-order valence-electron chi connectivity index (χ4n) is 3.41. The molecule has 1 aromatic heterocycles. The lowest BCUT2D eigenvalue weighted by Gasteiger charge is -2.28. The van der Waals surface area contributed by atoms with Gasteiger partial charge in [0.25, 0.3) is 5.91 Å². The first kappa shape index (κ1) is 16.0. The minimum atomic E-state index is -0.573. The van der Waals surface area contributed by atoms with Crippen molar-refractivity contribution in [2.75, 3.05) is 19.7 Å². The molecule has 0 N–H and O–H groups in total. The zero-order chi connectivity index (χ0) is 17.2. The summed E-state index contributed by atoms with van der Waals surface area (Å²) in [5.74, 6) is -0.361. The van der Waals surface area contributed by atoms with Gasteiger partial charge in [-0.3, -0.25) is 4.79 Å². The number of hydrogen-bond acceptors (Lipinski definition) is 4. The number of hydrogen-bond donors (Lipinski definition) is 0. The van der Waals surface area contributed by atoms with Crippen LogP contribution in [0.5, 0.6) is 5.88 Å². The third-order valence-corrected chi connectivity index (χ3v) is 4.65. The van der Waals surface area contributed by atoms with Crippen molar-refractivity contribution in [3.8, 4) is 5.88 Å². The maximum Gasteiger partial charge on any atom is 0.256 e. The Morgan fingerprint density at radius 3 is 3.00 bits per heavy atom. The molecule has 1 fully saturated rings. The van der Waals surface area contributed by atoms with Crippen LogP contribution in [0.2, 0.25) is 0 Å². The van der Waals surface area contributed by atoms with Gasteiger partial charge >= 0.3 is 0 Å². The summed E-state index contributed by atoms with van der Waals surface area (Å²) >= 11 is 0. The third-order valence-electron chi connectivity index (χ3n) is 4.65. The number of nitrogens with zero attached hydrogens (tertiary/aromatic N) is 2. The van der Waals surface area contributed by atoms with Crippen molar-refractivity contribution in [2.24, 2.45) is 0 Å². The number of carbonyl (C=O) groups excluding carboxylic acids is 1. The molecule has 1 amide bonds. The number of likely N-dealkylation sites (tertiary alicyclic amines) is 1. The van der Waals surface area contributed by atoms with Crippen LogP contribution in [0.25, 0.3) is 0 Å². The van der Waals surface area contributed by atoms with E-state index in [2.05, 4.69) is 4.98 Å². The molecular formula is C19H19FN2O3. The Labute approximate surface area is 145 Å². The summed E-state index contributed by atoms with van der Waals surface area (Å²) in [4.78, 5) is 18.4. The molecule has 2 aromatic rings. The summed E-state index contributed by atoms with van der Waals surface area (Å²) in [7, 11) is 0. The van der Waals surface area contributed by atoms with Gasteiger partial charge in [0.1, 0.15) is 6.10 Å². The Morgan fingerprint density at radius 1 is 1.24 bits per heavy atom. The number of ether oxygens (including phenoxy) is 2. The number of pyridine rings is 1. The van der Waals surface area contributed by atoms with Gasteiger partial charge in [-0.25, -0.2) is 0 Å². The van der Waals surface area contributed by atoms with Gasteiger partial charge in [0.15, 0.2) is 6.10 Å². The molecule has 0 saturated carbocycles. The Bertz CT molecular complexity index is 783. The highest BCUT2D eigenvalue weighted by atomic mass is 19.1. The van der Waals surface area contributed by atoms with E-state index in [0.29, 0.717) is 26.1 Å². The van der Waals surface area contributed by atoms with E-state index in [1.165, 1.54) is 11.6 Å². The van der Waals surface area contributed by atoms with E-state index in [1.807, 2.05) is 24.3 Å². The molecule has 0 aliphatic carbocycles. The molecule has 5 nitrogen and oxygen atoms in total. The number of carbonyl (C=O) groups is 1. The van der Waals surface area contributed by atoms with Crippen molar-refractivity contribution < 1.29 is 18.7 Å². The van der Waals surface area contributed by atoms with Gasteiger partial charge in [0.2, 0.25) is 11.8 Å². The van der Waals surface area contributed by atoms with Crippen LogP contribution in [-0.4, -0.2) is 41.6 Å². The summed E-state index contributed by atoms with van der Waals surface area (Å²) in [6, 6.07) is 12.4. The van der Waals surface area contributed by atoms with E-state index in [0.717, 1.165) is 12.0 Å². The van der Waals surface area contributed by atoms with Gasteiger partial charge < -0.3 is 14.4 Å². The number of aromatic nitrogens is 1. The van der Waals surface area contributed by atoms with Crippen LogP contribution >= 0.6 is 0 Å². The normalized spacial score (nSPS) is 22.5. The average molecular weight is 342 g/mol. The monoisotopic (exact) mass is 342 g/mol. The van der Waals surface area contributed by atoms with Gasteiger partial charge in [0, 0.05) is 19.0 Å². The zero-order valence-electron chi connectivity index (χ0n) is 13.7. The fraction of sp³-hybridized carbons (Fsp3) is 0.368. The lowest BCUT2D eigenvalue weighted by atomic mass is 9.97. The Kier molecular flexibility index (Phi) is 4.36. The Morgan fingerprint density at radius 2 is 2.12 bits per heavy atom. The molecule has 4 rings (SSSR count). The lowest BCUT2D eigenvalue weighted by molar-refractivity contribution is -0.144. The first-order chi connectivity index (χ1) is 12.2. The third kappa shape index (κ3) is 3.35. The van der Waals surface area contributed by atoms with E-state index in [1.54, 1.807) is 17.0 Å². The summed E-state index contributed by atoms with van der Waals surface area (Å²) in [5, 5.41) is 0. The average Bonchev–Trinajstić information content (AvgIpc) is 3.09. The minimum Gasteiger partial charge on any atom is -0.472 e. The summed E-state index contributed by atoms with van der Waals surface area (Å²) in [6.45, 7) is 1.61. The van der Waals surface area contributed by atoms with E-state index in [9.17, 15) is 9.18 Å². The molecule has 0 bridgehead atoms. The maximum atomic E-state index is 13.2. The van der Waals surface area contributed by atoms with Crippen molar-refractivity contribution >= 4 is 5.91 Å². The van der Waals surface area contributed by atoms with Gasteiger partial charge in [-0.15, -0.1) is 0 Å². The van der Waals surface area contributed by atoms with Gasteiger partial charge in [-0.2, -0.15) is 9.37 Å². The standard InChI is InChI=1S/C19H19FN2O3/c20-16-6-3-7-17(21-16)25-14-8-10-22(12-14)19(23)18-15-5-2-1-4-13(15)9-11-24-18/h1-7,14,18H,8-12H2. The number of amides is 1. The number of rotatable bonds is 3. The second-order valence-corrected chi connectivity index (χ2v) is 6.31. The van der Waals surface area contributed by atoms with E-state index < -0.39 is 12.1 Å². The van der Waals surface area contributed by atoms with Crippen molar-refractivity contribution in [1.29, 1.82) is 0 Å². The highest BCUT2D eigenvalue weighted by Gasteiger charge is 2.35. The molecular weight excluding hydrogens is 323 g/mol. The van der Waals surface area contributed by atoms with Crippen LogP contribution in [0.4, 0.5) is 4.39 Å². The van der Waals surface area contributed by atoms with Crippen molar-refractivity contribution in [3.05, 3.63) is 59.5 Å². The van der Waals surface area contributed by atoms with E-state index in [4.69, 9.17) is 9.47 Å². The van der Waals surface area contributed by atoms with Gasteiger partial charge in [0.05, 0.1) is 13.2 Å². The van der Waals surface area contributed by atoms with Crippen LogP contribution in [0.15, 0.2) is 42.5 Å². The number of benzene rings is 1. The Balaban J connectivity index is 1.43. The molecule has 1 aromatic carbocycles. The maximum absolute atomic E-state index is 13.2. The first-order valence-electron chi connectivity index (χ1n) is 8.48. The predicted octanol–water partition coefficient (Wildman–Crippen LogP) is 2.51. The van der Waals surface area contributed by atoms with Gasteiger partial charge in [-0.1, -0.05) is 30.3 Å². The van der Waals surface area contributed by atoms with Gasteiger partial charge in [-0.05, 0) is 23.6 Å². The second-order valence-electron chi connectivity index (χ2n) is 6.31. The molecule has 0 spiro atoms. The van der Waals surface area contributed by atoms with Crippen LogP contribution in [0.1, 0.15) is 23.7 Å². The highest BCUT2D eigenvalue weighted by Crippen LogP contribution is 2.30. The quantitative estimate of drug-likeness (QED) is 0.805. The lowest BCUT2D eigenvalue weighted by Crippen LogP contribution is -2.37. The molecule has 2 aliphatic rings. The van der Waals surface area contributed by atoms with Crippen LogP contribution in [0, 0.1) is 5.95 Å². The molecule has 2 aliphatic heterocycles. The van der Waals surface area contributed by atoms with Crippen molar-refractivity contribution in [3.63, 3.8) is 0 Å². The topological polar surface area (TPSA) is 51.7 Å². The smallest absolute Gasteiger partial charge is 0.256 e. The van der Waals surface area contributed by atoms with Crippen LogP contribution in [0.3, 0.4) is 0 Å². The molecule has 130 valence electrons. The van der Waals surface area contributed by atoms with Crippen molar-refractivity contribution in [1.82, 2.24) is 9.88 Å². The second kappa shape index (κ2) is 6.80. The predicted molar refractivity (Wildman–Crippen MR) is 88.6 cm³/mol. The fourth-order valence-corrected chi connectivity index (χ4v) is 3.41. The molecule has 2 unspecified atom stereocenters. The first-order valence-corrected chi connectivity index (χ1v) is 8.48. The molecule has 1 saturated heterocycles. The summed E-state index contributed by atoms with van der Waals surface area (Å²) in [6.07, 6.45) is 0.794. The summed E-state index contributed by atoms with van der Waals surface area (Å²) < 4.78 is 24.6. The number of fused-ring (bicyclic) bond motifs is 1. The number of halogens is 1. The van der Waals surface area contributed by atoms with Crippen LogP contribution < -0.4 is 4.74 Å². The molecule has 3 heterocycles. The van der Waals surface area contributed by atoms with E-state index >= 15 is 0 Å². The molecule has 0 radical (unpaired) electrons. The molecule has 6 heteroatoms. The van der Waals surface area contributed by atoms with E-state index in [-0.39, 0.29) is 17.9 Å².